The van der Waals surface area contributed by atoms with Gasteiger partial charge in [-0.25, -0.2) is 0 Å². The van der Waals surface area contributed by atoms with Crippen molar-refractivity contribution in [3.05, 3.63) is 34.2 Å². The average Bonchev–Trinajstić information content (AvgIpc) is 3.05. The topological polar surface area (TPSA) is 34.2 Å². The van der Waals surface area contributed by atoms with Crippen LogP contribution in [0.25, 0.3) is 31.9 Å². The molecule has 0 bridgehead atoms. The van der Waals surface area contributed by atoms with Crippen LogP contribution in [0.4, 0.5) is 0 Å². The highest BCUT2D eigenvalue weighted by Gasteiger charge is 2.17. The molecular weight excluding hydrogens is 306 g/mol. The Kier molecular flexibility index (Phi) is 3.07. The number of ether oxygens (including phenoxy) is 2. The quantitative estimate of drug-likeness (QED) is 0.529. The first-order valence-electron chi connectivity index (χ1n) is 7.62. The summed E-state index contributed by atoms with van der Waals surface area (Å²) in [6, 6.07) is 6.39. The molecule has 0 fully saturated rings. The lowest BCUT2D eigenvalue weighted by Crippen LogP contribution is -1.89. The average molecular weight is 325 g/mol. The molecule has 0 amide bonds. The van der Waals surface area contributed by atoms with Crippen LogP contribution in [0.2, 0.25) is 0 Å². The number of thiophene rings is 1. The predicted octanol–water partition coefficient (Wildman–Crippen LogP) is 5.48. The number of methoxy groups -OCH3 is 2. The maximum atomic E-state index is 5.50. The van der Waals surface area contributed by atoms with Crippen LogP contribution in [0, 0.1) is 20.8 Å². The summed E-state index contributed by atoms with van der Waals surface area (Å²) in [5.74, 6) is 1.51. The number of aromatic amines is 1. The molecule has 0 saturated heterocycles. The Morgan fingerprint density at radius 2 is 1.61 bits per heavy atom. The molecule has 2 aromatic heterocycles. The molecule has 118 valence electrons. The molecule has 3 nitrogen and oxygen atoms in total. The van der Waals surface area contributed by atoms with E-state index in [4.69, 9.17) is 9.47 Å². The molecule has 0 aliphatic carbocycles. The van der Waals surface area contributed by atoms with Gasteiger partial charge in [-0.05, 0) is 49.4 Å². The first-order valence-corrected chi connectivity index (χ1v) is 8.43. The van der Waals surface area contributed by atoms with Crippen molar-refractivity contribution in [3.8, 4) is 11.5 Å². The summed E-state index contributed by atoms with van der Waals surface area (Å²) >= 11 is 1.87. The zero-order valence-corrected chi connectivity index (χ0v) is 14.8. The first kappa shape index (κ1) is 14.4. The highest BCUT2D eigenvalue weighted by Crippen LogP contribution is 2.43. The maximum Gasteiger partial charge on any atom is 0.162 e. The molecule has 4 aromatic rings. The van der Waals surface area contributed by atoms with E-state index in [0.717, 1.165) is 17.0 Å². The summed E-state index contributed by atoms with van der Waals surface area (Å²) in [6.45, 7) is 6.57. The summed E-state index contributed by atoms with van der Waals surface area (Å²) in [5, 5.41) is 3.83. The third kappa shape index (κ3) is 1.88. The zero-order chi connectivity index (χ0) is 16.3. The number of aryl methyl sites for hydroxylation is 3. The Hall–Kier alpha value is -2.20. The number of benzene rings is 2. The van der Waals surface area contributed by atoms with Crippen LogP contribution in [-0.2, 0) is 0 Å². The number of aromatic nitrogens is 1. The molecule has 4 rings (SSSR count). The molecule has 0 radical (unpaired) electrons. The van der Waals surface area contributed by atoms with Gasteiger partial charge in [-0.15, -0.1) is 11.3 Å². The van der Waals surface area contributed by atoms with Crippen LogP contribution in [0.15, 0.2) is 18.2 Å². The third-order valence-electron chi connectivity index (χ3n) is 4.72. The van der Waals surface area contributed by atoms with E-state index >= 15 is 0 Å². The van der Waals surface area contributed by atoms with Crippen LogP contribution in [0.1, 0.15) is 16.0 Å². The SMILES string of the molecule is COc1cc2[nH]c3c(C)cc4c(C)c(C)sc4c3c2cc1OC. The van der Waals surface area contributed by atoms with Gasteiger partial charge in [-0.2, -0.15) is 0 Å². The van der Waals surface area contributed by atoms with E-state index < -0.39 is 0 Å². The highest BCUT2D eigenvalue weighted by molar-refractivity contribution is 7.20. The number of H-pyrrole nitrogens is 1. The Morgan fingerprint density at radius 3 is 2.30 bits per heavy atom. The summed E-state index contributed by atoms with van der Waals surface area (Å²) in [6.07, 6.45) is 0. The molecule has 0 aliphatic rings. The van der Waals surface area contributed by atoms with Crippen LogP contribution in [0.5, 0.6) is 11.5 Å². The van der Waals surface area contributed by atoms with E-state index in [9.17, 15) is 0 Å². The van der Waals surface area contributed by atoms with E-state index in [-0.39, 0.29) is 0 Å². The third-order valence-corrected chi connectivity index (χ3v) is 5.96. The van der Waals surface area contributed by atoms with E-state index in [0.29, 0.717) is 0 Å². The second kappa shape index (κ2) is 4.90. The van der Waals surface area contributed by atoms with Crippen molar-refractivity contribution in [2.24, 2.45) is 0 Å². The zero-order valence-electron chi connectivity index (χ0n) is 14.0. The van der Waals surface area contributed by atoms with Gasteiger partial charge in [0.05, 0.1) is 25.3 Å². The molecule has 0 spiro atoms. The second-order valence-corrected chi connectivity index (χ2v) is 7.21. The minimum absolute atomic E-state index is 0.749. The van der Waals surface area contributed by atoms with Crippen molar-refractivity contribution in [3.63, 3.8) is 0 Å². The van der Waals surface area contributed by atoms with Gasteiger partial charge < -0.3 is 14.5 Å². The Bertz CT molecular complexity index is 1070. The van der Waals surface area contributed by atoms with Crippen molar-refractivity contribution in [2.75, 3.05) is 14.2 Å². The van der Waals surface area contributed by atoms with E-state index in [1.54, 1.807) is 14.2 Å². The van der Waals surface area contributed by atoms with Crippen LogP contribution >= 0.6 is 11.3 Å². The lowest BCUT2D eigenvalue weighted by molar-refractivity contribution is 0.356. The molecule has 0 saturated carbocycles. The van der Waals surface area contributed by atoms with Crippen molar-refractivity contribution < 1.29 is 9.47 Å². The highest BCUT2D eigenvalue weighted by atomic mass is 32.1. The van der Waals surface area contributed by atoms with Gasteiger partial charge in [0.25, 0.3) is 0 Å². The molecule has 0 atom stereocenters. The van der Waals surface area contributed by atoms with Crippen LogP contribution in [0.3, 0.4) is 0 Å². The normalized spacial score (nSPS) is 11.7. The fourth-order valence-electron chi connectivity index (χ4n) is 3.35. The number of rotatable bonds is 2. The fraction of sp³-hybridized carbons (Fsp3) is 0.263. The molecule has 4 heteroatoms. The smallest absolute Gasteiger partial charge is 0.162 e. The molecule has 0 aliphatic heterocycles. The van der Waals surface area contributed by atoms with Gasteiger partial charge in [0, 0.05) is 26.4 Å². The number of hydrogen-bond donors (Lipinski definition) is 1. The Labute approximate surface area is 138 Å². The largest absolute Gasteiger partial charge is 0.493 e. The molecule has 1 N–H and O–H groups in total. The van der Waals surface area contributed by atoms with E-state index in [1.807, 2.05) is 17.4 Å². The van der Waals surface area contributed by atoms with Crippen LogP contribution in [-0.4, -0.2) is 19.2 Å². The Balaban J connectivity index is 2.25. The monoisotopic (exact) mass is 325 g/mol. The number of nitrogens with one attached hydrogen (secondary N) is 1. The van der Waals surface area contributed by atoms with Crippen molar-refractivity contribution in [1.29, 1.82) is 0 Å². The van der Waals surface area contributed by atoms with Gasteiger partial charge in [-0.1, -0.05) is 0 Å². The Morgan fingerprint density at radius 1 is 0.913 bits per heavy atom. The summed E-state index contributed by atoms with van der Waals surface area (Å²) in [4.78, 5) is 4.94. The van der Waals surface area contributed by atoms with Gasteiger partial charge in [0.2, 0.25) is 0 Å². The molecule has 0 unspecified atom stereocenters. The fourth-order valence-corrected chi connectivity index (χ4v) is 4.55. The van der Waals surface area contributed by atoms with Crippen LogP contribution < -0.4 is 9.47 Å². The minimum Gasteiger partial charge on any atom is -0.493 e. The van der Waals surface area contributed by atoms with E-state index in [2.05, 4.69) is 37.9 Å². The standard InChI is InChI=1S/C19H19NO2S/c1-9-6-12-10(2)11(3)23-19(12)17-13-7-15(21-4)16(22-5)8-14(13)20-18(9)17/h6-8,20H,1-5H3. The molecular formula is C19H19NO2S. The molecule has 2 heterocycles. The predicted molar refractivity (Wildman–Crippen MR) is 98.5 cm³/mol. The lowest BCUT2D eigenvalue weighted by atomic mass is 10.0. The van der Waals surface area contributed by atoms with Crippen molar-refractivity contribution in [1.82, 2.24) is 4.98 Å². The second-order valence-electron chi connectivity index (χ2n) is 5.98. The maximum absolute atomic E-state index is 5.50. The van der Waals surface area contributed by atoms with Crippen molar-refractivity contribution in [2.45, 2.75) is 20.8 Å². The summed E-state index contributed by atoms with van der Waals surface area (Å²) < 4.78 is 12.3. The van der Waals surface area contributed by atoms with Crippen molar-refractivity contribution >= 4 is 43.2 Å². The lowest BCUT2D eigenvalue weighted by Gasteiger charge is -2.07. The summed E-state index contributed by atoms with van der Waals surface area (Å²) in [5.41, 5.74) is 4.92. The number of fused-ring (bicyclic) bond motifs is 5. The van der Waals surface area contributed by atoms with Gasteiger partial charge >= 0.3 is 0 Å². The summed E-state index contributed by atoms with van der Waals surface area (Å²) in [7, 11) is 3.35. The van der Waals surface area contributed by atoms with Gasteiger partial charge in [0.15, 0.2) is 11.5 Å². The molecule has 2 aromatic carbocycles. The minimum atomic E-state index is 0.749. The van der Waals surface area contributed by atoms with E-state index in [1.165, 1.54) is 42.4 Å². The first-order chi connectivity index (χ1) is 11.0. The molecule has 23 heavy (non-hydrogen) atoms. The van der Waals surface area contributed by atoms with Gasteiger partial charge in [0.1, 0.15) is 0 Å². The number of hydrogen-bond acceptors (Lipinski definition) is 3. The van der Waals surface area contributed by atoms with Gasteiger partial charge in [-0.3, -0.25) is 0 Å².